The number of pyridine rings is 1. The molecule has 0 radical (unpaired) electrons. The lowest BCUT2D eigenvalue weighted by molar-refractivity contribution is 0.483. The van der Waals surface area contributed by atoms with Gasteiger partial charge in [0.2, 0.25) is 0 Å². The maximum absolute atomic E-state index is 11.8. The van der Waals surface area contributed by atoms with E-state index in [0.29, 0.717) is 0 Å². The molecule has 110 valence electrons. The number of nitrogens with zero attached hydrogens (tertiary/aromatic N) is 2. The summed E-state index contributed by atoms with van der Waals surface area (Å²) in [6, 6.07) is 8.19. The van der Waals surface area contributed by atoms with Crippen LogP contribution in [-0.4, -0.2) is 18.0 Å². The standard InChI is InChI=1S/C13H8N4O4S/c14-5-9-11(10(6-15)13(18)17-12(9)16)7-1-3-8(4-2-7)22(19,20)21/h1-4H,(H3,16,17,18)(H,19,20,21). The van der Waals surface area contributed by atoms with E-state index in [9.17, 15) is 13.2 Å². The van der Waals surface area contributed by atoms with Gasteiger partial charge in [0.25, 0.3) is 15.7 Å². The van der Waals surface area contributed by atoms with Gasteiger partial charge in [0.1, 0.15) is 29.1 Å². The molecule has 22 heavy (non-hydrogen) atoms. The molecular formula is C13H8N4O4S. The van der Waals surface area contributed by atoms with Gasteiger partial charge in [-0.05, 0) is 17.7 Å². The Hall–Kier alpha value is -3.14. The van der Waals surface area contributed by atoms with E-state index in [1.54, 1.807) is 12.1 Å². The average Bonchev–Trinajstić information content (AvgIpc) is 2.46. The summed E-state index contributed by atoms with van der Waals surface area (Å²) in [5.74, 6) is -0.194. The molecule has 0 aliphatic heterocycles. The van der Waals surface area contributed by atoms with Gasteiger partial charge in [0, 0.05) is 5.56 Å². The number of benzene rings is 1. The number of hydrogen-bond acceptors (Lipinski definition) is 6. The second-order valence-corrected chi connectivity index (χ2v) is 5.64. The zero-order valence-corrected chi connectivity index (χ0v) is 11.7. The Morgan fingerprint density at radius 3 is 2.09 bits per heavy atom. The Balaban J connectivity index is 2.81. The number of anilines is 1. The van der Waals surface area contributed by atoms with Crippen LogP contribution in [0.2, 0.25) is 0 Å². The second-order valence-electron chi connectivity index (χ2n) is 4.22. The first-order valence-electron chi connectivity index (χ1n) is 5.73. The van der Waals surface area contributed by atoms with Crippen molar-refractivity contribution < 1.29 is 13.0 Å². The fourth-order valence-electron chi connectivity index (χ4n) is 1.93. The minimum absolute atomic E-state index is 0.00753. The highest BCUT2D eigenvalue weighted by molar-refractivity contribution is 7.85. The van der Waals surface area contributed by atoms with Crippen molar-refractivity contribution in [1.29, 1.82) is 10.5 Å². The van der Waals surface area contributed by atoms with Gasteiger partial charge in [-0.15, -0.1) is 0 Å². The van der Waals surface area contributed by atoms with Gasteiger partial charge in [-0.3, -0.25) is 9.35 Å². The molecule has 0 aliphatic carbocycles. The van der Waals surface area contributed by atoms with Crippen LogP contribution in [-0.2, 0) is 10.1 Å². The third-order valence-electron chi connectivity index (χ3n) is 2.91. The number of H-pyrrole nitrogens is 1. The number of nitrogens with one attached hydrogen (secondary N) is 1. The first-order chi connectivity index (χ1) is 10.3. The van der Waals surface area contributed by atoms with Gasteiger partial charge < -0.3 is 10.7 Å². The summed E-state index contributed by atoms with van der Waals surface area (Å²) < 4.78 is 31.0. The van der Waals surface area contributed by atoms with E-state index in [1.165, 1.54) is 12.1 Å². The number of nitriles is 2. The molecule has 0 spiro atoms. The molecule has 0 bridgehead atoms. The van der Waals surface area contributed by atoms with E-state index in [2.05, 4.69) is 4.98 Å². The first-order valence-corrected chi connectivity index (χ1v) is 7.17. The van der Waals surface area contributed by atoms with Crippen molar-refractivity contribution in [3.8, 4) is 23.3 Å². The molecular weight excluding hydrogens is 308 g/mol. The Morgan fingerprint density at radius 1 is 1.09 bits per heavy atom. The van der Waals surface area contributed by atoms with Crippen molar-refractivity contribution in [3.63, 3.8) is 0 Å². The van der Waals surface area contributed by atoms with E-state index in [1.807, 2.05) is 0 Å². The Kier molecular flexibility index (Phi) is 3.70. The molecule has 0 unspecified atom stereocenters. The van der Waals surface area contributed by atoms with Crippen molar-refractivity contribution >= 4 is 15.9 Å². The summed E-state index contributed by atoms with van der Waals surface area (Å²) in [7, 11) is -4.37. The topological polar surface area (TPSA) is 161 Å². The lowest BCUT2D eigenvalue weighted by atomic mass is 9.97. The molecule has 0 aliphatic rings. The lowest BCUT2D eigenvalue weighted by Crippen LogP contribution is -2.16. The fourth-order valence-corrected chi connectivity index (χ4v) is 2.41. The van der Waals surface area contributed by atoms with Crippen LogP contribution in [0.1, 0.15) is 11.1 Å². The highest BCUT2D eigenvalue weighted by Crippen LogP contribution is 2.28. The molecule has 4 N–H and O–H groups in total. The third kappa shape index (κ3) is 2.54. The summed E-state index contributed by atoms with van der Waals surface area (Å²) >= 11 is 0. The number of rotatable bonds is 2. The first kappa shape index (κ1) is 15.3. The van der Waals surface area contributed by atoms with Crippen LogP contribution in [0, 0.1) is 22.7 Å². The molecule has 0 fully saturated rings. The predicted molar refractivity (Wildman–Crippen MR) is 76.2 cm³/mol. The number of nitrogens with two attached hydrogens (primary N) is 1. The number of aromatic amines is 1. The van der Waals surface area contributed by atoms with Gasteiger partial charge in [-0.2, -0.15) is 18.9 Å². The van der Waals surface area contributed by atoms with Crippen molar-refractivity contribution in [3.05, 3.63) is 45.7 Å². The molecule has 2 rings (SSSR count). The zero-order valence-electron chi connectivity index (χ0n) is 10.9. The maximum atomic E-state index is 11.8. The molecule has 1 aromatic heterocycles. The molecule has 0 atom stereocenters. The number of nitrogen functional groups attached to an aromatic ring is 1. The van der Waals surface area contributed by atoms with E-state index >= 15 is 0 Å². The average molecular weight is 316 g/mol. The molecule has 2 aromatic rings. The Morgan fingerprint density at radius 2 is 1.64 bits per heavy atom. The maximum Gasteiger partial charge on any atom is 0.294 e. The minimum Gasteiger partial charge on any atom is -0.384 e. The molecule has 8 nitrogen and oxygen atoms in total. The van der Waals surface area contributed by atoms with Crippen LogP contribution in [0.5, 0.6) is 0 Å². The summed E-state index contributed by atoms with van der Waals surface area (Å²) in [5, 5.41) is 18.3. The van der Waals surface area contributed by atoms with Crippen LogP contribution in [0.25, 0.3) is 11.1 Å². The summed E-state index contributed by atoms with van der Waals surface area (Å²) in [6.45, 7) is 0. The van der Waals surface area contributed by atoms with Crippen molar-refractivity contribution in [2.24, 2.45) is 0 Å². The van der Waals surface area contributed by atoms with Crippen molar-refractivity contribution in [2.45, 2.75) is 4.90 Å². The fraction of sp³-hybridized carbons (Fsp3) is 0. The van der Waals surface area contributed by atoms with Crippen molar-refractivity contribution in [1.82, 2.24) is 4.98 Å². The minimum atomic E-state index is -4.37. The lowest BCUT2D eigenvalue weighted by Gasteiger charge is -2.09. The van der Waals surface area contributed by atoms with E-state index < -0.39 is 15.7 Å². The van der Waals surface area contributed by atoms with Crippen LogP contribution in [0.3, 0.4) is 0 Å². The van der Waals surface area contributed by atoms with Gasteiger partial charge in [-0.1, -0.05) is 12.1 Å². The smallest absolute Gasteiger partial charge is 0.294 e. The summed E-state index contributed by atoms with van der Waals surface area (Å²) in [6.07, 6.45) is 0. The molecule has 0 amide bonds. The number of hydrogen-bond donors (Lipinski definition) is 3. The largest absolute Gasteiger partial charge is 0.384 e. The normalized spacial score (nSPS) is 10.7. The van der Waals surface area contributed by atoms with Crippen LogP contribution < -0.4 is 11.3 Å². The third-order valence-corrected chi connectivity index (χ3v) is 3.78. The van der Waals surface area contributed by atoms with Crippen LogP contribution in [0.15, 0.2) is 34.0 Å². The van der Waals surface area contributed by atoms with Crippen LogP contribution in [0.4, 0.5) is 5.82 Å². The quantitative estimate of drug-likeness (QED) is 0.684. The summed E-state index contributed by atoms with van der Waals surface area (Å²) in [4.78, 5) is 13.6. The Bertz CT molecular complexity index is 993. The van der Waals surface area contributed by atoms with E-state index in [0.717, 1.165) is 12.1 Å². The number of aromatic nitrogens is 1. The molecule has 1 aromatic carbocycles. The summed E-state index contributed by atoms with van der Waals surface area (Å²) in [5.41, 5.74) is 4.65. The molecule has 1 heterocycles. The predicted octanol–water partition coefficient (Wildman–Crippen LogP) is 0.614. The zero-order chi connectivity index (χ0) is 16.5. The molecule has 0 saturated heterocycles. The van der Waals surface area contributed by atoms with Crippen molar-refractivity contribution in [2.75, 3.05) is 5.73 Å². The van der Waals surface area contributed by atoms with Gasteiger partial charge in [0.15, 0.2) is 0 Å². The van der Waals surface area contributed by atoms with Gasteiger partial charge >= 0.3 is 0 Å². The van der Waals surface area contributed by atoms with Crippen LogP contribution >= 0.6 is 0 Å². The Labute approximate surface area is 124 Å². The highest BCUT2D eigenvalue weighted by Gasteiger charge is 2.18. The SMILES string of the molecule is N#Cc1c(N)[nH]c(=O)c(C#N)c1-c1ccc(S(=O)(=O)O)cc1. The monoisotopic (exact) mass is 316 g/mol. The highest BCUT2D eigenvalue weighted by atomic mass is 32.2. The van der Waals surface area contributed by atoms with Gasteiger partial charge in [0.05, 0.1) is 4.90 Å². The van der Waals surface area contributed by atoms with E-state index in [-0.39, 0.29) is 33.0 Å². The van der Waals surface area contributed by atoms with Gasteiger partial charge in [-0.25, -0.2) is 0 Å². The molecule has 0 saturated carbocycles. The second kappa shape index (κ2) is 5.33. The molecule has 9 heteroatoms. The van der Waals surface area contributed by atoms with E-state index in [4.69, 9.17) is 20.8 Å².